The van der Waals surface area contributed by atoms with Gasteiger partial charge in [-0.1, -0.05) is 34.1 Å². The van der Waals surface area contributed by atoms with E-state index in [-0.39, 0.29) is 28.2 Å². The highest BCUT2D eigenvalue weighted by Gasteiger charge is 2.16. The van der Waals surface area contributed by atoms with Gasteiger partial charge in [0.15, 0.2) is 5.78 Å². The predicted molar refractivity (Wildman–Crippen MR) is 61.4 cm³/mol. The van der Waals surface area contributed by atoms with Crippen LogP contribution < -0.4 is 0 Å². The zero-order chi connectivity index (χ0) is 11.4. The lowest BCUT2D eigenvalue weighted by molar-refractivity contribution is 0.0986. The van der Waals surface area contributed by atoms with Crippen molar-refractivity contribution in [3.05, 3.63) is 29.3 Å². The van der Waals surface area contributed by atoms with Gasteiger partial charge in [0.2, 0.25) is 0 Å². The van der Waals surface area contributed by atoms with Crippen molar-refractivity contribution >= 4 is 34.3 Å². The summed E-state index contributed by atoms with van der Waals surface area (Å²) in [6.45, 7) is 0. The summed E-state index contributed by atoms with van der Waals surface area (Å²) in [6, 6.07) is 4.24. The van der Waals surface area contributed by atoms with E-state index in [2.05, 4.69) is 28.6 Å². The third kappa shape index (κ3) is 3.01. The lowest BCUT2D eigenvalue weighted by atomic mass is 10.1. The van der Waals surface area contributed by atoms with Crippen molar-refractivity contribution in [1.82, 2.24) is 0 Å². The molecule has 0 bridgehead atoms. The van der Waals surface area contributed by atoms with Crippen LogP contribution in [0.15, 0.2) is 23.1 Å². The molecular weight excluding hydrogens is 286 g/mol. The molecule has 0 saturated carbocycles. The fourth-order valence-electron chi connectivity index (χ4n) is 1.18. The molecule has 0 aliphatic carbocycles. The first-order valence-electron chi connectivity index (χ1n) is 4.27. The van der Waals surface area contributed by atoms with Crippen LogP contribution in [-0.2, 0) is 0 Å². The Morgan fingerprint density at radius 3 is 2.67 bits per heavy atom. The SMILES string of the molecule is O=C(CCBr)c1cccc(C(F)F)c1S. The lowest BCUT2D eigenvalue weighted by Gasteiger charge is -2.08. The molecule has 1 aromatic carbocycles. The van der Waals surface area contributed by atoms with Gasteiger partial charge in [-0.25, -0.2) is 8.78 Å². The molecule has 0 N–H and O–H groups in total. The summed E-state index contributed by atoms with van der Waals surface area (Å²) in [5, 5.41) is 0.512. The minimum absolute atomic E-state index is 0.0819. The van der Waals surface area contributed by atoms with E-state index < -0.39 is 6.43 Å². The van der Waals surface area contributed by atoms with Crippen LogP contribution in [0.1, 0.15) is 28.8 Å². The van der Waals surface area contributed by atoms with Crippen LogP contribution in [0.2, 0.25) is 0 Å². The van der Waals surface area contributed by atoms with Crippen molar-refractivity contribution in [2.24, 2.45) is 0 Å². The summed E-state index contributed by atoms with van der Waals surface area (Å²) in [6.07, 6.45) is -2.32. The third-order valence-corrected chi connectivity index (χ3v) is 2.82. The molecule has 0 aromatic heterocycles. The highest BCUT2D eigenvalue weighted by atomic mass is 79.9. The van der Waals surface area contributed by atoms with Gasteiger partial charge in [-0.3, -0.25) is 4.79 Å². The summed E-state index contributed by atoms with van der Waals surface area (Å²) in [4.78, 5) is 11.6. The van der Waals surface area contributed by atoms with E-state index in [0.29, 0.717) is 5.33 Å². The van der Waals surface area contributed by atoms with Crippen LogP contribution >= 0.6 is 28.6 Å². The van der Waals surface area contributed by atoms with E-state index in [1.54, 1.807) is 0 Å². The molecule has 82 valence electrons. The minimum atomic E-state index is -2.60. The maximum absolute atomic E-state index is 12.5. The zero-order valence-electron chi connectivity index (χ0n) is 7.71. The number of thiol groups is 1. The van der Waals surface area contributed by atoms with Gasteiger partial charge in [0, 0.05) is 27.8 Å². The number of rotatable bonds is 4. The van der Waals surface area contributed by atoms with Gasteiger partial charge in [-0.15, -0.1) is 12.6 Å². The number of benzene rings is 1. The van der Waals surface area contributed by atoms with Crippen LogP contribution in [-0.4, -0.2) is 11.1 Å². The lowest BCUT2D eigenvalue weighted by Crippen LogP contribution is -2.03. The molecule has 0 aliphatic heterocycles. The molecule has 1 nitrogen and oxygen atoms in total. The molecule has 1 aromatic rings. The standard InChI is InChI=1S/C10H9BrF2OS/c11-5-4-8(14)6-2-1-3-7(9(6)15)10(12)13/h1-3,10,15H,4-5H2. The summed E-state index contributed by atoms with van der Waals surface area (Å²) in [5.41, 5.74) is 0.0642. The predicted octanol–water partition coefficient (Wildman–Crippen LogP) is 3.88. The molecule has 0 saturated heterocycles. The molecule has 0 atom stereocenters. The monoisotopic (exact) mass is 294 g/mol. The number of alkyl halides is 3. The molecule has 1 rings (SSSR count). The topological polar surface area (TPSA) is 17.1 Å². The van der Waals surface area contributed by atoms with Crippen LogP contribution in [0.5, 0.6) is 0 Å². The number of hydrogen-bond donors (Lipinski definition) is 1. The molecule has 5 heteroatoms. The molecular formula is C10H9BrF2OS. The van der Waals surface area contributed by atoms with Crippen molar-refractivity contribution in [3.63, 3.8) is 0 Å². The minimum Gasteiger partial charge on any atom is -0.294 e. The average molecular weight is 295 g/mol. The number of hydrogen-bond acceptors (Lipinski definition) is 2. The van der Waals surface area contributed by atoms with E-state index in [1.807, 2.05) is 0 Å². The molecule has 0 heterocycles. The van der Waals surface area contributed by atoms with Crippen LogP contribution in [0.4, 0.5) is 8.78 Å². The highest BCUT2D eigenvalue weighted by molar-refractivity contribution is 9.09. The Bertz CT molecular complexity index is 368. The van der Waals surface area contributed by atoms with Gasteiger partial charge < -0.3 is 0 Å². The fourth-order valence-corrected chi connectivity index (χ4v) is 1.91. The fraction of sp³-hybridized carbons (Fsp3) is 0.300. The second kappa shape index (κ2) is 5.61. The quantitative estimate of drug-likeness (QED) is 0.507. The molecule has 0 radical (unpaired) electrons. The second-order valence-electron chi connectivity index (χ2n) is 2.91. The third-order valence-electron chi connectivity index (χ3n) is 1.92. The zero-order valence-corrected chi connectivity index (χ0v) is 10.2. The van der Waals surface area contributed by atoms with Crippen molar-refractivity contribution < 1.29 is 13.6 Å². The van der Waals surface area contributed by atoms with Gasteiger partial charge in [-0.05, 0) is 0 Å². The first-order valence-corrected chi connectivity index (χ1v) is 5.84. The number of halogens is 3. The number of ketones is 1. The first kappa shape index (κ1) is 12.6. The molecule has 0 unspecified atom stereocenters. The molecule has 0 spiro atoms. The van der Waals surface area contributed by atoms with Crippen molar-refractivity contribution in [2.75, 3.05) is 5.33 Å². The smallest absolute Gasteiger partial charge is 0.264 e. The summed E-state index contributed by atoms with van der Waals surface area (Å²) in [7, 11) is 0. The van der Waals surface area contributed by atoms with Crippen LogP contribution in [0.3, 0.4) is 0 Å². The van der Waals surface area contributed by atoms with E-state index in [4.69, 9.17) is 0 Å². The van der Waals surface area contributed by atoms with Crippen molar-refractivity contribution in [1.29, 1.82) is 0 Å². The Kier molecular flexibility index (Phi) is 4.73. The van der Waals surface area contributed by atoms with Crippen LogP contribution in [0, 0.1) is 0 Å². The average Bonchev–Trinajstić information content (AvgIpc) is 2.17. The molecule has 0 amide bonds. The second-order valence-corrected chi connectivity index (χ2v) is 4.15. The maximum atomic E-state index is 12.5. The van der Waals surface area contributed by atoms with Gasteiger partial charge in [-0.2, -0.15) is 0 Å². The Morgan fingerprint density at radius 1 is 1.47 bits per heavy atom. The van der Waals surface area contributed by atoms with Gasteiger partial charge in [0.05, 0.1) is 0 Å². The summed E-state index contributed by atoms with van der Waals surface area (Å²) < 4.78 is 25.0. The molecule has 15 heavy (non-hydrogen) atoms. The highest BCUT2D eigenvalue weighted by Crippen LogP contribution is 2.28. The molecule has 0 aliphatic rings. The Morgan fingerprint density at radius 2 is 2.13 bits per heavy atom. The molecule has 0 fully saturated rings. The van der Waals surface area contributed by atoms with E-state index in [1.165, 1.54) is 18.2 Å². The van der Waals surface area contributed by atoms with E-state index >= 15 is 0 Å². The number of carbonyl (C=O) groups excluding carboxylic acids is 1. The Balaban J connectivity index is 3.09. The van der Waals surface area contributed by atoms with Crippen LogP contribution in [0.25, 0.3) is 0 Å². The van der Waals surface area contributed by atoms with Gasteiger partial charge in [0.1, 0.15) is 0 Å². The normalized spacial score (nSPS) is 10.7. The summed E-state index contributed by atoms with van der Waals surface area (Å²) >= 11 is 7.09. The van der Waals surface area contributed by atoms with Gasteiger partial charge >= 0.3 is 0 Å². The Labute approximate surface area is 100 Å². The van der Waals surface area contributed by atoms with Gasteiger partial charge in [0.25, 0.3) is 6.43 Å². The maximum Gasteiger partial charge on any atom is 0.264 e. The number of Topliss-reactive ketones (excluding diaryl/α,β-unsaturated/α-hetero) is 1. The van der Waals surface area contributed by atoms with E-state index in [9.17, 15) is 13.6 Å². The first-order chi connectivity index (χ1) is 7.07. The largest absolute Gasteiger partial charge is 0.294 e. The van der Waals surface area contributed by atoms with Crippen molar-refractivity contribution in [2.45, 2.75) is 17.7 Å². The Hall–Kier alpha value is -0.420. The van der Waals surface area contributed by atoms with Crippen molar-refractivity contribution in [3.8, 4) is 0 Å². The number of carbonyl (C=O) groups is 1. The summed E-state index contributed by atoms with van der Waals surface area (Å²) in [5.74, 6) is -0.181. The van der Waals surface area contributed by atoms with E-state index in [0.717, 1.165) is 0 Å².